The number of benzene rings is 1. The molecule has 1 aromatic carbocycles. The molecule has 0 saturated heterocycles. The van der Waals surface area contributed by atoms with Gasteiger partial charge in [0.25, 0.3) is 5.91 Å². The van der Waals surface area contributed by atoms with Crippen molar-refractivity contribution < 1.29 is 23.9 Å². The fourth-order valence-electron chi connectivity index (χ4n) is 1.95. The molecule has 2 aromatic rings. The van der Waals surface area contributed by atoms with Crippen molar-refractivity contribution in [2.75, 3.05) is 17.2 Å². The highest BCUT2D eigenvalue weighted by Crippen LogP contribution is 2.14. The molecule has 9 heteroatoms. The van der Waals surface area contributed by atoms with Crippen molar-refractivity contribution in [2.45, 2.75) is 26.4 Å². The zero-order valence-electron chi connectivity index (χ0n) is 15.6. The third-order valence-corrected chi connectivity index (χ3v) is 3.32. The van der Waals surface area contributed by atoms with Crippen molar-refractivity contribution in [3.05, 3.63) is 53.2 Å². The summed E-state index contributed by atoms with van der Waals surface area (Å²) in [7, 11) is 0. The van der Waals surface area contributed by atoms with Gasteiger partial charge >= 0.3 is 12.1 Å². The first-order chi connectivity index (χ1) is 13.1. The van der Waals surface area contributed by atoms with Crippen molar-refractivity contribution in [1.82, 2.24) is 4.98 Å². The number of anilines is 2. The quantitative estimate of drug-likeness (QED) is 0.731. The van der Waals surface area contributed by atoms with Crippen molar-refractivity contribution >= 4 is 41.1 Å². The van der Waals surface area contributed by atoms with E-state index < -0.39 is 30.2 Å². The molecule has 1 heterocycles. The third kappa shape index (κ3) is 7.24. The topological polar surface area (TPSA) is 107 Å². The van der Waals surface area contributed by atoms with Crippen molar-refractivity contribution in [3.8, 4) is 0 Å². The highest BCUT2D eigenvalue weighted by atomic mass is 35.5. The Hall–Kier alpha value is -3.13. The first kappa shape index (κ1) is 21.2. The first-order valence-corrected chi connectivity index (χ1v) is 8.69. The van der Waals surface area contributed by atoms with E-state index in [4.69, 9.17) is 21.1 Å². The molecule has 0 aliphatic carbocycles. The summed E-state index contributed by atoms with van der Waals surface area (Å²) in [4.78, 5) is 39.4. The number of nitrogens with one attached hydrogen (secondary N) is 2. The number of pyridine rings is 1. The highest BCUT2D eigenvalue weighted by molar-refractivity contribution is 6.30. The van der Waals surface area contributed by atoms with E-state index >= 15 is 0 Å². The molecule has 0 radical (unpaired) electrons. The van der Waals surface area contributed by atoms with Crippen LogP contribution in [0.2, 0.25) is 5.02 Å². The van der Waals surface area contributed by atoms with E-state index in [0.717, 1.165) is 0 Å². The Morgan fingerprint density at radius 1 is 1.04 bits per heavy atom. The summed E-state index contributed by atoms with van der Waals surface area (Å²) in [5, 5.41) is 5.47. The van der Waals surface area contributed by atoms with Gasteiger partial charge in [-0.05, 0) is 57.2 Å². The summed E-state index contributed by atoms with van der Waals surface area (Å²) in [6.07, 6.45) is 0.783. The molecular weight excluding hydrogens is 386 g/mol. The number of ether oxygens (including phenoxy) is 2. The third-order valence-electron chi connectivity index (χ3n) is 3.10. The number of esters is 1. The normalized spacial score (nSPS) is 10.7. The van der Waals surface area contributed by atoms with Crippen LogP contribution in [0.3, 0.4) is 0 Å². The van der Waals surface area contributed by atoms with Gasteiger partial charge in [-0.3, -0.25) is 10.1 Å². The molecule has 0 fully saturated rings. The molecule has 0 saturated carbocycles. The summed E-state index contributed by atoms with van der Waals surface area (Å²) in [5.74, 6) is -0.919. The lowest BCUT2D eigenvalue weighted by Crippen LogP contribution is -2.27. The monoisotopic (exact) mass is 405 g/mol. The molecule has 8 nitrogen and oxygen atoms in total. The predicted octanol–water partition coefficient (Wildman–Crippen LogP) is 3.88. The molecule has 2 N–H and O–H groups in total. The van der Waals surface area contributed by atoms with Crippen LogP contribution in [0.25, 0.3) is 0 Å². The Balaban J connectivity index is 1.83. The second-order valence-corrected chi connectivity index (χ2v) is 7.13. The summed E-state index contributed by atoms with van der Waals surface area (Å²) < 4.78 is 10.1. The maximum Gasteiger partial charge on any atom is 0.412 e. The van der Waals surface area contributed by atoms with Gasteiger partial charge in [-0.25, -0.2) is 14.6 Å². The highest BCUT2D eigenvalue weighted by Gasteiger charge is 2.16. The van der Waals surface area contributed by atoms with Gasteiger partial charge in [0.05, 0.1) is 10.6 Å². The zero-order chi connectivity index (χ0) is 20.7. The lowest BCUT2D eigenvalue weighted by molar-refractivity contribution is -0.119. The lowest BCUT2D eigenvalue weighted by Gasteiger charge is -2.19. The number of nitrogens with zero attached hydrogens (tertiary/aromatic N) is 1. The number of hydrogen-bond acceptors (Lipinski definition) is 6. The van der Waals surface area contributed by atoms with Crippen molar-refractivity contribution in [3.63, 3.8) is 0 Å². The molecule has 28 heavy (non-hydrogen) atoms. The number of carbonyl (C=O) groups is 3. The molecule has 2 amide bonds. The van der Waals surface area contributed by atoms with Crippen molar-refractivity contribution in [2.24, 2.45) is 0 Å². The fraction of sp³-hybridized carbons (Fsp3) is 0.263. The predicted molar refractivity (Wildman–Crippen MR) is 104 cm³/mol. The SMILES string of the molecule is CC(C)(C)OC(=O)Nc1ccc(C(=O)OCC(=O)Nc2ccc(Cl)cn2)cc1. The van der Waals surface area contributed by atoms with Crippen LogP contribution in [-0.4, -0.2) is 35.2 Å². The number of halogens is 1. The van der Waals surface area contributed by atoms with Crippen LogP contribution < -0.4 is 10.6 Å². The number of amides is 2. The molecule has 2 rings (SSSR count). The van der Waals surface area contributed by atoms with E-state index in [-0.39, 0.29) is 5.56 Å². The van der Waals surface area contributed by atoms with Gasteiger partial charge < -0.3 is 14.8 Å². The smallest absolute Gasteiger partial charge is 0.412 e. The Bertz CT molecular complexity index is 845. The van der Waals surface area contributed by atoms with Crippen LogP contribution in [0.5, 0.6) is 0 Å². The van der Waals surface area contributed by atoms with Crippen LogP contribution in [-0.2, 0) is 14.3 Å². The summed E-state index contributed by atoms with van der Waals surface area (Å²) in [5.41, 5.74) is 0.0696. The largest absolute Gasteiger partial charge is 0.452 e. The number of aromatic nitrogens is 1. The van der Waals surface area contributed by atoms with E-state index in [9.17, 15) is 14.4 Å². The molecule has 1 aromatic heterocycles. The number of hydrogen-bond donors (Lipinski definition) is 2. The van der Waals surface area contributed by atoms with E-state index in [0.29, 0.717) is 16.5 Å². The Morgan fingerprint density at radius 3 is 2.29 bits per heavy atom. The number of rotatable bonds is 5. The lowest BCUT2D eigenvalue weighted by atomic mass is 10.2. The van der Waals surface area contributed by atoms with Crippen LogP contribution in [0.1, 0.15) is 31.1 Å². The minimum Gasteiger partial charge on any atom is -0.452 e. The molecule has 148 valence electrons. The summed E-state index contributed by atoms with van der Waals surface area (Å²) in [6.45, 7) is 4.79. The van der Waals surface area contributed by atoms with Gasteiger partial charge in [-0.1, -0.05) is 11.6 Å². The van der Waals surface area contributed by atoms with Crippen LogP contribution in [0, 0.1) is 0 Å². The Morgan fingerprint density at radius 2 is 1.71 bits per heavy atom. The minimum absolute atomic E-state index is 0.229. The number of carbonyl (C=O) groups excluding carboxylic acids is 3. The first-order valence-electron chi connectivity index (χ1n) is 8.31. The van der Waals surface area contributed by atoms with Crippen LogP contribution in [0.4, 0.5) is 16.3 Å². The van der Waals surface area contributed by atoms with E-state index in [2.05, 4.69) is 15.6 Å². The summed E-state index contributed by atoms with van der Waals surface area (Å²) in [6, 6.07) is 9.08. The molecule has 0 bridgehead atoms. The van der Waals surface area contributed by atoms with E-state index in [1.54, 1.807) is 26.8 Å². The second kappa shape index (κ2) is 9.18. The standard InChI is InChI=1S/C19H20ClN3O5/c1-19(2,3)28-18(26)22-14-7-4-12(5-8-14)17(25)27-11-16(24)23-15-9-6-13(20)10-21-15/h4-10H,11H2,1-3H3,(H,22,26)(H,21,23,24). The average Bonchev–Trinajstić information content (AvgIpc) is 2.60. The molecule has 0 aliphatic heterocycles. The Kier molecular flexibility index (Phi) is 6.94. The molecule has 0 atom stereocenters. The van der Waals surface area contributed by atoms with Gasteiger partial charge in [0.1, 0.15) is 11.4 Å². The molecule has 0 aliphatic rings. The van der Waals surface area contributed by atoms with Gasteiger partial charge in [0.15, 0.2) is 6.61 Å². The molecule has 0 spiro atoms. The van der Waals surface area contributed by atoms with Gasteiger partial charge in [-0.15, -0.1) is 0 Å². The minimum atomic E-state index is -0.678. The van der Waals surface area contributed by atoms with Gasteiger partial charge in [0, 0.05) is 11.9 Å². The fourth-order valence-corrected chi connectivity index (χ4v) is 2.07. The average molecular weight is 406 g/mol. The maximum absolute atomic E-state index is 12.0. The van der Waals surface area contributed by atoms with Gasteiger partial charge in [-0.2, -0.15) is 0 Å². The molecule has 0 unspecified atom stereocenters. The molecular formula is C19H20ClN3O5. The van der Waals surface area contributed by atoms with Gasteiger partial charge in [0.2, 0.25) is 0 Å². The van der Waals surface area contributed by atoms with Crippen LogP contribution >= 0.6 is 11.6 Å². The van der Waals surface area contributed by atoms with E-state index in [1.807, 2.05) is 0 Å². The maximum atomic E-state index is 12.0. The Labute approximate surface area is 167 Å². The van der Waals surface area contributed by atoms with Crippen molar-refractivity contribution in [1.29, 1.82) is 0 Å². The van der Waals surface area contributed by atoms with Crippen LogP contribution in [0.15, 0.2) is 42.6 Å². The second-order valence-electron chi connectivity index (χ2n) is 6.69. The zero-order valence-corrected chi connectivity index (χ0v) is 16.4. The van der Waals surface area contributed by atoms with E-state index in [1.165, 1.54) is 36.5 Å². The summed E-state index contributed by atoms with van der Waals surface area (Å²) >= 11 is 5.71.